The van der Waals surface area contributed by atoms with Crippen LogP contribution in [0.2, 0.25) is 0 Å². The van der Waals surface area contributed by atoms with Gasteiger partial charge in [0.05, 0.1) is 22.9 Å². The second-order valence-corrected chi connectivity index (χ2v) is 9.10. The van der Waals surface area contributed by atoms with Crippen LogP contribution in [-0.4, -0.2) is 31.7 Å². The third-order valence-electron chi connectivity index (χ3n) is 3.87. The number of anilines is 2. The van der Waals surface area contributed by atoms with Crippen molar-refractivity contribution in [2.75, 3.05) is 16.3 Å². The van der Waals surface area contributed by atoms with Gasteiger partial charge in [0.25, 0.3) is 0 Å². The molecule has 0 fully saturated rings. The van der Waals surface area contributed by atoms with E-state index in [0.29, 0.717) is 11.3 Å². The third-order valence-corrected chi connectivity index (χ3v) is 5.73. The zero-order valence-corrected chi connectivity index (χ0v) is 16.2. The van der Waals surface area contributed by atoms with E-state index < -0.39 is 15.3 Å². The second kappa shape index (κ2) is 8.01. The molecule has 0 radical (unpaired) electrons. The Morgan fingerprint density at radius 2 is 1.85 bits per heavy atom. The molecule has 1 unspecified atom stereocenters. The highest BCUT2D eigenvalue weighted by molar-refractivity contribution is 8.01. The van der Waals surface area contributed by atoms with E-state index in [2.05, 4.69) is 15.4 Å². The summed E-state index contributed by atoms with van der Waals surface area (Å²) >= 11 is 1.36. The predicted octanol–water partition coefficient (Wildman–Crippen LogP) is 2.18. The number of para-hydroxylation sites is 2. The molecule has 142 valence electrons. The lowest BCUT2D eigenvalue weighted by Gasteiger charge is -2.23. The van der Waals surface area contributed by atoms with E-state index in [9.17, 15) is 18.0 Å². The zero-order chi connectivity index (χ0) is 19.4. The molecule has 0 aromatic heterocycles. The second-order valence-electron chi connectivity index (χ2n) is 6.10. The number of benzene rings is 2. The van der Waals surface area contributed by atoms with Crippen LogP contribution in [0.1, 0.15) is 12.0 Å². The lowest BCUT2D eigenvalue weighted by molar-refractivity contribution is -0.124. The molecule has 0 saturated heterocycles. The number of amides is 2. The molecule has 3 N–H and O–H groups in total. The van der Waals surface area contributed by atoms with E-state index in [-0.39, 0.29) is 24.8 Å². The van der Waals surface area contributed by atoms with Gasteiger partial charge in [0.15, 0.2) is 0 Å². The summed E-state index contributed by atoms with van der Waals surface area (Å²) in [6.07, 6.45) is 1.10. The van der Waals surface area contributed by atoms with Crippen LogP contribution in [0.3, 0.4) is 0 Å². The van der Waals surface area contributed by atoms with Gasteiger partial charge < -0.3 is 10.6 Å². The molecular formula is C18H19N3O4S2. The average Bonchev–Trinajstić information content (AvgIpc) is 2.60. The molecule has 2 amide bonds. The van der Waals surface area contributed by atoms with Crippen molar-refractivity contribution in [2.45, 2.75) is 23.1 Å². The van der Waals surface area contributed by atoms with E-state index >= 15 is 0 Å². The molecule has 0 saturated carbocycles. The van der Waals surface area contributed by atoms with Crippen molar-refractivity contribution in [3.8, 4) is 0 Å². The Morgan fingerprint density at radius 1 is 1.15 bits per heavy atom. The number of fused-ring (bicyclic) bond motifs is 1. The van der Waals surface area contributed by atoms with Gasteiger partial charge in [-0.2, -0.15) is 0 Å². The maximum atomic E-state index is 12.3. The molecule has 0 bridgehead atoms. The Labute approximate surface area is 162 Å². The average molecular weight is 406 g/mol. The van der Waals surface area contributed by atoms with Crippen LogP contribution >= 0.6 is 11.8 Å². The van der Waals surface area contributed by atoms with Crippen molar-refractivity contribution in [1.29, 1.82) is 0 Å². The quantitative estimate of drug-likeness (QED) is 0.683. The summed E-state index contributed by atoms with van der Waals surface area (Å²) in [5, 5.41) is 5.05. The minimum atomic E-state index is -3.42. The van der Waals surface area contributed by atoms with E-state index in [1.807, 2.05) is 24.3 Å². The van der Waals surface area contributed by atoms with Crippen molar-refractivity contribution in [1.82, 2.24) is 5.32 Å². The van der Waals surface area contributed by atoms with Gasteiger partial charge in [-0.05, 0) is 23.8 Å². The van der Waals surface area contributed by atoms with Crippen LogP contribution in [0.25, 0.3) is 0 Å². The lowest BCUT2D eigenvalue weighted by Crippen LogP contribution is -2.34. The Hall–Kier alpha value is -2.52. The highest BCUT2D eigenvalue weighted by Gasteiger charge is 2.28. The Balaban J connectivity index is 1.60. The van der Waals surface area contributed by atoms with Crippen molar-refractivity contribution in [2.24, 2.45) is 0 Å². The van der Waals surface area contributed by atoms with Gasteiger partial charge in [-0.15, -0.1) is 11.8 Å². The minimum absolute atomic E-state index is 0.0342. The molecular weight excluding hydrogens is 386 g/mol. The molecule has 1 aliphatic rings. The summed E-state index contributed by atoms with van der Waals surface area (Å²) in [7, 11) is -3.42. The zero-order valence-electron chi connectivity index (χ0n) is 14.6. The summed E-state index contributed by atoms with van der Waals surface area (Å²) in [6, 6.07) is 14.3. The molecule has 0 aliphatic carbocycles. The Bertz CT molecular complexity index is 976. The number of carbonyl (C=O) groups is 2. The van der Waals surface area contributed by atoms with Crippen LogP contribution < -0.4 is 15.4 Å². The van der Waals surface area contributed by atoms with Gasteiger partial charge in [-0.1, -0.05) is 30.3 Å². The van der Waals surface area contributed by atoms with E-state index in [4.69, 9.17) is 0 Å². The van der Waals surface area contributed by atoms with Gasteiger partial charge in [0, 0.05) is 17.9 Å². The molecule has 1 atom stereocenters. The summed E-state index contributed by atoms with van der Waals surface area (Å²) in [6.45, 7) is 0.160. The summed E-state index contributed by atoms with van der Waals surface area (Å²) in [5.41, 5.74) is 1.81. The Morgan fingerprint density at radius 3 is 2.63 bits per heavy atom. The first-order valence-electron chi connectivity index (χ1n) is 8.21. The highest BCUT2D eigenvalue weighted by atomic mass is 32.2. The highest BCUT2D eigenvalue weighted by Crippen LogP contribution is 2.36. The molecule has 27 heavy (non-hydrogen) atoms. The first-order chi connectivity index (χ1) is 12.8. The minimum Gasteiger partial charge on any atom is -0.352 e. The topological polar surface area (TPSA) is 104 Å². The molecule has 1 aliphatic heterocycles. The van der Waals surface area contributed by atoms with Crippen LogP contribution in [0, 0.1) is 0 Å². The fourth-order valence-electron chi connectivity index (χ4n) is 2.64. The fourth-order valence-corrected chi connectivity index (χ4v) is 4.34. The first-order valence-corrected chi connectivity index (χ1v) is 11.0. The molecule has 3 rings (SSSR count). The number of hydrogen-bond acceptors (Lipinski definition) is 5. The van der Waals surface area contributed by atoms with Crippen molar-refractivity contribution < 1.29 is 18.0 Å². The van der Waals surface area contributed by atoms with E-state index in [1.54, 1.807) is 24.3 Å². The number of thioether (sulfide) groups is 1. The summed E-state index contributed by atoms with van der Waals surface area (Å²) < 4.78 is 25.3. The summed E-state index contributed by atoms with van der Waals surface area (Å²) in [5.74, 6) is -0.482. The predicted molar refractivity (Wildman–Crippen MR) is 106 cm³/mol. The van der Waals surface area contributed by atoms with Gasteiger partial charge in [-0.3, -0.25) is 14.3 Å². The van der Waals surface area contributed by atoms with Crippen LogP contribution in [0.4, 0.5) is 11.4 Å². The van der Waals surface area contributed by atoms with Crippen molar-refractivity contribution in [3.63, 3.8) is 0 Å². The Kier molecular flexibility index (Phi) is 5.71. The van der Waals surface area contributed by atoms with Crippen LogP contribution in [0.5, 0.6) is 0 Å². The molecule has 0 spiro atoms. The maximum Gasteiger partial charge on any atom is 0.238 e. The van der Waals surface area contributed by atoms with E-state index in [1.165, 1.54) is 11.8 Å². The van der Waals surface area contributed by atoms with Crippen molar-refractivity contribution >= 4 is 45.0 Å². The smallest absolute Gasteiger partial charge is 0.238 e. The van der Waals surface area contributed by atoms with E-state index in [0.717, 1.165) is 16.8 Å². The number of carbonyl (C=O) groups excluding carboxylic acids is 2. The molecule has 1 heterocycles. The van der Waals surface area contributed by atoms with Gasteiger partial charge in [0.1, 0.15) is 0 Å². The van der Waals surface area contributed by atoms with Gasteiger partial charge in [-0.25, -0.2) is 8.42 Å². The monoisotopic (exact) mass is 405 g/mol. The summed E-state index contributed by atoms with van der Waals surface area (Å²) in [4.78, 5) is 25.4. The third kappa shape index (κ3) is 5.24. The number of hydrogen-bond donors (Lipinski definition) is 3. The van der Waals surface area contributed by atoms with Gasteiger partial charge >= 0.3 is 0 Å². The largest absolute Gasteiger partial charge is 0.352 e. The van der Waals surface area contributed by atoms with Crippen LogP contribution in [0.15, 0.2) is 53.4 Å². The standard InChI is InChI=1S/C18H19N3O4S2/c1-27(24,25)21-13-7-3-2-6-12(13)11-19-17(22)10-16-18(23)20-14-8-4-5-9-15(14)26-16/h2-9,16,21H,10-11H2,1H3,(H,19,22)(H,20,23). The maximum absolute atomic E-state index is 12.3. The first kappa shape index (κ1) is 19.2. The SMILES string of the molecule is CS(=O)(=O)Nc1ccccc1CNC(=O)CC1Sc2ccccc2NC1=O. The van der Waals surface area contributed by atoms with Gasteiger partial charge in [0.2, 0.25) is 21.8 Å². The number of sulfonamides is 1. The number of nitrogens with one attached hydrogen (secondary N) is 3. The molecule has 7 nitrogen and oxygen atoms in total. The molecule has 2 aromatic carbocycles. The molecule has 9 heteroatoms. The van der Waals surface area contributed by atoms with Crippen molar-refractivity contribution in [3.05, 3.63) is 54.1 Å². The van der Waals surface area contributed by atoms with Crippen LogP contribution in [-0.2, 0) is 26.2 Å². The molecule has 2 aromatic rings. The normalized spacial score (nSPS) is 16.2. The fraction of sp³-hybridized carbons (Fsp3) is 0.222. The lowest BCUT2D eigenvalue weighted by atomic mass is 10.2. The number of rotatable bonds is 6.